The van der Waals surface area contributed by atoms with Gasteiger partial charge in [0.25, 0.3) is 0 Å². The van der Waals surface area contributed by atoms with E-state index in [9.17, 15) is 9.90 Å². The van der Waals surface area contributed by atoms with E-state index in [2.05, 4.69) is 75.5 Å². The van der Waals surface area contributed by atoms with Crippen LogP contribution in [-0.2, 0) is 11.2 Å². The number of hydrogen-bond acceptors (Lipinski definition) is 6. The number of ether oxygens (including phenoxy) is 2. The largest absolute Gasteiger partial charge is 0.497 e. The Morgan fingerprint density at radius 3 is 1.98 bits per heavy atom. The van der Waals surface area contributed by atoms with Crippen LogP contribution in [0.5, 0.6) is 5.75 Å². The van der Waals surface area contributed by atoms with Gasteiger partial charge in [-0.05, 0) is 85.5 Å². The van der Waals surface area contributed by atoms with Gasteiger partial charge in [0.2, 0.25) is 0 Å². The van der Waals surface area contributed by atoms with Gasteiger partial charge in [-0.3, -0.25) is 4.90 Å². The van der Waals surface area contributed by atoms with Crippen LogP contribution in [0.25, 0.3) is 21.7 Å². The molecule has 2 aliphatic rings. The maximum absolute atomic E-state index is 12.4. The van der Waals surface area contributed by atoms with E-state index >= 15 is 0 Å². The third kappa shape index (κ3) is 13.6. The van der Waals surface area contributed by atoms with Crippen molar-refractivity contribution >= 4 is 33.3 Å². The molecule has 1 saturated heterocycles. The van der Waals surface area contributed by atoms with Gasteiger partial charge in [-0.2, -0.15) is 0 Å². The Bertz CT molecular complexity index is 1870. The van der Waals surface area contributed by atoms with Crippen molar-refractivity contribution in [3.63, 3.8) is 0 Å². The fraction of sp³-hybridized carbons (Fsp3) is 0.596. The summed E-state index contributed by atoms with van der Waals surface area (Å²) >= 11 is 0. The van der Waals surface area contributed by atoms with Crippen molar-refractivity contribution in [3.05, 3.63) is 84.1 Å². The van der Waals surface area contributed by atoms with Crippen molar-refractivity contribution in [1.29, 1.82) is 0 Å². The molecule has 1 aromatic heterocycles. The molecule has 59 heavy (non-hydrogen) atoms. The average molecular weight is 806 g/mol. The Morgan fingerprint density at radius 2 is 1.34 bits per heavy atom. The van der Waals surface area contributed by atoms with Gasteiger partial charge in [-0.15, -0.1) is 0 Å². The zero-order chi connectivity index (χ0) is 41.1. The average Bonchev–Trinajstić information content (AvgIpc) is 3.69. The molecule has 3 unspecified atom stereocenters. The molecule has 0 saturated carbocycles. The molecule has 7 nitrogen and oxygen atoms in total. The topological polar surface area (TPSA) is 78.0 Å². The lowest BCUT2D eigenvalue weighted by Crippen LogP contribution is -2.52. The van der Waals surface area contributed by atoms with Gasteiger partial charge in [0.05, 0.1) is 19.7 Å². The number of H-pyrrole nitrogens is 1. The number of aromatic nitrogens is 1. The van der Waals surface area contributed by atoms with Crippen molar-refractivity contribution in [3.8, 4) is 5.75 Å². The molecule has 0 amide bonds. The minimum absolute atomic E-state index is 0.258. The number of benzene rings is 3. The van der Waals surface area contributed by atoms with E-state index in [1.807, 2.05) is 12.1 Å². The summed E-state index contributed by atoms with van der Waals surface area (Å²) in [7, 11) is 3.08. The second-order valence-electron chi connectivity index (χ2n) is 17.6. The molecule has 3 atom stereocenters. The summed E-state index contributed by atoms with van der Waals surface area (Å²) in [5.74, 6) is 0.371. The van der Waals surface area contributed by atoms with E-state index in [1.54, 1.807) is 7.11 Å². The Balaban J connectivity index is 1.21. The molecule has 2 bridgehead atoms. The summed E-state index contributed by atoms with van der Waals surface area (Å²) in [6, 6.07) is 22.2. The second-order valence-corrected chi connectivity index (χ2v) is 17.6. The number of carbonyl (C=O) groups is 1. The van der Waals surface area contributed by atoms with Crippen molar-refractivity contribution in [1.82, 2.24) is 9.88 Å². The van der Waals surface area contributed by atoms with Crippen LogP contribution in [0, 0.1) is 0 Å². The Kier molecular flexibility index (Phi) is 18.5. The van der Waals surface area contributed by atoms with Gasteiger partial charge in [0.1, 0.15) is 17.7 Å². The number of methoxy groups -OCH3 is 2. The van der Waals surface area contributed by atoms with Crippen LogP contribution in [0.2, 0.25) is 0 Å². The fourth-order valence-electron chi connectivity index (χ4n) is 9.82. The summed E-state index contributed by atoms with van der Waals surface area (Å²) in [5, 5.41) is 15.9. The molecular weight excluding hydrogens is 731 g/mol. The number of nitrogens with one attached hydrogen (secondary N) is 1. The highest BCUT2D eigenvalue weighted by molar-refractivity contribution is 5.96. The smallest absolute Gasteiger partial charge is 0.354 e. The summed E-state index contributed by atoms with van der Waals surface area (Å²) in [6.45, 7) is 1.87. The number of aliphatic hydroxyl groups excluding tert-OH is 1. The van der Waals surface area contributed by atoms with E-state index in [-0.39, 0.29) is 12.0 Å². The molecule has 0 radical (unpaired) electrons. The van der Waals surface area contributed by atoms with Crippen LogP contribution in [-0.4, -0.2) is 66.6 Å². The molecular formula is C52H75N3O4. The minimum Gasteiger partial charge on any atom is -0.497 e. The molecule has 1 fully saturated rings. The quantitative estimate of drug-likeness (QED) is 0.136. The van der Waals surface area contributed by atoms with Crippen molar-refractivity contribution in [2.75, 3.05) is 32.2 Å². The number of esters is 1. The fourth-order valence-corrected chi connectivity index (χ4v) is 9.82. The monoisotopic (exact) mass is 806 g/mol. The number of hydrogen-bond donors (Lipinski definition) is 2. The first-order valence-corrected chi connectivity index (χ1v) is 23.7. The van der Waals surface area contributed by atoms with Gasteiger partial charge in [-0.25, -0.2) is 4.79 Å². The van der Waals surface area contributed by atoms with Crippen molar-refractivity contribution < 1.29 is 19.4 Å². The van der Waals surface area contributed by atoms with Crippen LogP contribution >= 0.6 is 0 Å². The molecule has 2 N–H and O–H groups in total. The Morgan fingerprint density at radius 1 is 0.729 bits per heavy atom. The standard InChI is InChI=1S/C52H75N3O4/c1-58-47-37-43(48-39-50(52(57)59-2)53-49(48)38-47)28-25-32-51(56)55-40-46-31-23-22-30-44(55)29-19-17-15-13-11-9-7-5-3-4-6-8-10-12-14-16-18-24-35-54(46)45-34-33-41-26-20-21-27-42(41)36-45/h20-23,26-27,33-34,36-39,44,46,51,53,56H,3-19,24-25,28-32,35,40H2,1-2H3. The summed E-state index contributed by atoms with van der Waals surface area (Å²) < 4.78 is 10.7. The number of aliphatic hydroxyl groups is 1. The number of anilines is 1. The summed E-state index contributed by atoms with van der Waals surface area (Å²) in [5.41, 5.74) is 3.70. The van der Waals surface area contributed by atoms with Gasteiger partial charge >= 0.3 is 5.97 Å². The van der Waals surface area contributed by atoms with Crippen LogP contribution in [0.4, 0.5) is 5.69 Å². The van der Waals surface area contributed by atoms with Gasteiger partial charge < -0.3 is 24.5 Å². The zero-order valence-electron chi connectivity index (χ0n) is 36.6. The highest BCUT2D eigenvalue weighted by Gasteiger charge is 2.31. The second kappa shape index (κ2) is 24.4. The van der Waals surface area contributed by atoms with Crippen LogP contribution in [0.15, 0.2) is 72.8 Å². The van der Waals surface area contributed by atoms with Gasteiger partial charge in [0, 0.05) is 42.3 Å². The number of carbonyl (C=O) groups excluding carboxylic acids is 1. The van der Waals surface area contributed by atoms with Crippen molar-refractivity contribution in [2.24, 2.45) is 0 Å². The van der Waals surface area contributed by atoms with E-state index in [0.717, 1.165) is 67.4 Å². The number of fused-ring (bicyclic) bond motifs is 5. The number of rotatable bonds is 8. The molecule has 3 heterocycles. The number of aryl methyl sites for hydroxylation is 1. The molecule has 7 heteroatoms. The lowest BCUT2D eigenvalue weighted by atomic mass is 9.96. The number of nitrogens with zero attached hydrogens (tertiary/aromatic N) is 2. The molecule has 4 aromatic rings. The zero-order valence-corrected chi connectivity index (χ0v) is 36.6. The summed E-state index contributed by atoms with van der Waals surface area (Å²) in [6.07, 6.45) is 33.9. The van der Waals surface area contributed by atoms with E-state index in [1.165, 1.54) is 139 Å². The number of aromatic amines is 1. The van der Waals surface area contributed by atoms with Gasteiger partial charge in [-0.1, -0.05) is 152 Å². The molecule has 0 spiro atoms. The maximum atomic E-state index is 12.4. The third-order valence-corrected chi connectivity index (χ3v) is 13.3. The predicted octanol–water partition coefficient (Wildman–Crippen LogP) is 13.1. The molecule has 2 aliphatic heterocycles. The van der Waals surface area contributed by atoms with Crippen molar-refractivity contribution in [2.45, 2.75) is 172 Å². The SMILES string of the molecule is COC(=O)c1cc2c(CCCC(O)N3CC4CC=CCC3CCCCCCCCCCCCCCCCCCCCN4c3ccc4ccccc4c3)cc(OC)cc2[nH]1. The van der Waals surface area contributed by atoms with Gasteiger partial charge in [0.15, 0.2) is 0 Å². The Hall–Kier alpha value is -3.81. The first kappa shape index (κ1) is 44.7. The maximum Gasteiger partial charge on any atom is 0.354 e. The van der Waals surface area contributed by atoms with E-state index in [0.29, 0.717) is 18.2 Å². The van der Waals surface area contributed by atoms with E-state index in [4.69, 9.17) is 9.47 Å². The molecule has 6 rings (SSSR count). The lowest BCUT2D eigenvalue weighted by Gasteiger charge is -2.43. The minimum atomic E-state index is -0.548. The molecule has 3 aromatic carbocycles. The predicted molar refractivity (Wildman–Crippen MR) is 247 cm³/mol. The first-order chi connectivity index (χ1) is 29.0. The highest BCUT2D eigenvalue weighted by Crippen LogP contribution is 2.31. The summed E-state index contributed by atoms with van der Waals surface area (Å²) in [4.78, 5) is 20.8. The van der Waals surface area contributed by atoms with Crippen LogP contribution < -0.4 is 9.64 Å². The molecule has 0 aliphatic carbocycles. The van der Waals surface area contributed by atoms with E-state index < -0.39 is 6.23 Å². The Labute approximate surface area is 355 Å². The third-order valence-electron chi connectivity index (χ3n) is 13.3. The molecule has 322 valence electrons. The van der Waals surface area contributed by atoms with Crippen LogP contribution in [0.1, 0.15) is 164 Å². The first-order valence-electron chi connectivity index (χ1n) is 23.7. The lowest BCUT2D eigenvalue weighted by molar-refractivity contribution is -0.0379. The van der Waals surface area contributed by atoms with Crippen LogP contribution in [0.3, 0.4) is 0 Å². The highest BCUT2D eigenvalue weighted by atomic mass is 16.5. The normalized spacial score (nSPS) is 21.3.